The Balaban J connectivity index is 2.08. The molecule has 7 nitrogen and oxygen atoms in total. The first-order valence-electron chi connectivity index (χ1n) is 12.9. The fraction of sp³-hybridized carbons (Fsp3) is 0.310. The van der Waals surface area contributed by atoms with Crippen LogP contribution in [0.15, 0.2) is 77.7 Å². The molecule has 2 amide bonds. The monoisotopic (exact) mass is 643 g/mol. The second kappa shape index (κ2) is 13.8. The minimum absolute atomic E-state index is 0.0973. The highest BCUT2D eigenvalue weighted by molar-refractivity contribution is 7.92. The number of nitrogens with one attached hydrogen (secondary N) is 1. The van der Waals surface area contributed by atoms with Crippen LogP contribution >= 0.6 is 23.2 Å². The van der Waals surface area contributed by atoms with Crippen LogP contribution in [0.4, 0.5) is 18.9 Å². The molecule has 0 aliphatic rings. The van der Waals surface area contributed by atoms with Gasteiger partial charge in [0.1, 0.15) is 12.6 Å². The third kappa shape index (κ3) is 8.39. The van der Waals surface area contributed by atoms with E-state index in [1.54, 1.807) is 30.3 Å². The van der Waals surface area contributed by atoms with Crippen LogP contribution in [0.2, 0.25) is 10.0 Å². The maximum atomic E-state index is 13.9. The molecule has 0 saturated carbocycles. The van der Waals surface area contributed by atoms with Gasteiger partial charge in [-0.05, 0) is 60.9 Å². The zero-order chi connectivity index (χ0) is 31.2. The number of anilines is 1. The van der Waals surface area contributed by atoms with E-state index in [0.717, 1.165) is 12.1 Å². The Morgan fingerprint density at radius 3 is 2.12 bits per heavy atom. The first-order valence-corrected chi connectivity index (χ1v) is 15.1. The minimum atomic E-state index is -4.89. The summed E-state index contributed by atoms with van der Waals surface area (Å²) in [7, 11) is -4.55. The number of benzene rings is 3. The van der Waals surface area contributed by atoms with Crippen LogP contribution in [0.25, 0.3) is 0 Å². The summed E-state index contributed by atoms with van der Waals surface area (Å²) in [6.45, 7) is 4.63. The average Bonchev–Trinajstić information content (AvgIpc) is 2.94. The minimum Gasteiger partial charge on any atom is -0.354 e. The first-order chi connectivity index (χ1) is 19.6. The predicted molar refractivity (Wildman–Crippen MR) is 157 cm³/mol. The number of nitrogens with zero attached hydrogens (tertiary/aromatic N) is 2. The van der Waals surface area contributed by atoms with Crippen LogP contribution in [0.5, 0.6) is 0 Å². The van der Waals surface area contributed by atoms with Gasteiger partial charge < -0.3 is 10.2 Å². The smallest absolute Gasteiger partial charge is 0.354 e. The van der Waals surface area contributed by atoms with Crippen molar-refractivity contribution in [2.75, 3.05) is 17.4 Å². The summed E-state index contributed by atoms with van der Waals surface area (Å²) in [5.74, 6) is -1.17. The second-order valence-electron chi connectivity index (χ2n) is 9.95. The molecule has 0 fully saturated rings. The zero-order valence-corrected chi connectivity index (χ0v) is 25.4. The number of carbonyl (C=O) groups is 2. The lowest BCUT2D eigenvalue weighted by atomic mass is 10.1. The number of hydrogen-bond donors (Lipinski definition) is 1. The number of sulfonamides is 1. The van der Waals surface area contributed by atoms with Gasteiger partial charge in [-0.1, -0.05) is 67.4 Å². The van der Waals surface area contributed by atoms with Crippen LogP contribution in [0.3, 0.4) is 0 Å². The Morgan fingerprint density at radius 1 is 0.929 bits per heavy atom. The second-order valence-corrected chi connectivity index (χ2v) is 12.7. The van der Waals surface area contributed by atoms with Crippen LogP contribution in [0.1, 0.15) is 31.9 Å². The highest BCUT2D eigenvalue weighted by Crippen LogP contribution is 2.38. The Labute approximate surface area is 253 Å². The van der Waals surface area contributed by atoms with E-state index in [1.807, 2.05) is 13.8 Å². The molecule has 42 heavy (non-hydrogen) atoms. The van der Waals surface area contributed by atoms with Crippen molar-refractivity contribution in [3.63, 3.8) is 0 Å². The Kier molecular flexibility index (Phi) is 10.9. The van der Waals surface area contributed by atoms with E-state index in [2.05, 4.69) is 5.32 Å². The van der Waals surface area contributed by atoms with Crippen molar-refractivity contribution in [2.24, 2.45) is 5.92 Å². The lowest BCUT2D eigenvalue weighted by Gasteiger charge is -2.32. The van der Waals surface area contributed by atoms with E-state index >= 15 is 0 Å². The van der Waals surface area contributed by atoms with Crippen molar-refractivity contribution < 1.29 is 31.2 Å². The molecule has 0 aromatic heterocycles. The van der Waals surface area contributed by atoms with E-state index in [0.29, 0.717) is 27.5 Å². The number of amides is 2. The van der Waals surface area contributed by atoms with E-state index in [-0.39, 0.29) is 17.4 Å². The normalized spacial score (nSPS) is 12.6. The summed E-state index contributed by atoms with van der Waals surface area (Å²) >= 11 is 11.8. The summed E-state index contributed by atoms with van der Waals surface area (Å²) in [5.41, 5.74) is -1.09. The summed E-state index contributed by atoms with van der Waals surface area (Å²) < 4.78 is 69.3. The summed E-state index contributed by atoms with van der Waals surface area (Å²) in [6, 6.07) is 15.0. The van der Waals surface area contributed by atoms with Gasteiger partial charge in [-0.2, -0.15) is 13.2 Å². The van der Waals surface area contributed by atoms with Crippen LogP contribution < -0.4 is 9.62 Å². The van der Waals surface area contributed by atoms with E-state index in [9.17, 15) is 31.2 Å². The lowest BCUT2D eigenvalue weighted by molar-refractivity contribution is -0.139. The predicted octanol–water partition coefficient (Wildman–Crippen LogP) is 6.40. The first kappa shape index (κ1) is 33.2. The molecule has 3 aromatic carbocycles. The van der Waals surface area contributed by atoms with Crippen molar-refractivity contribution >= 4 is 50.7 Å². The third-order valence-corrected chi connectivity index (χ3v) is 8.64. The molecule has 0 heterocycles. The maximum Gasteiger partial charge on any atom is 0.417 e. The van der Waals surface area contributed by atoms with Gasteiger partial charge in [0, 0.05) is 18.1 Å². The van der Waals surface area contributed by atoms with Gasteiger partial charge in [0.2, 0.25) is 11.8 Å². The van der Waals surface area contributed by atoms with E-state index in [4.69, 9.17) is 23.2 Å². The largest absolute Gasteiger partial charge is 0.417 e. The van der Waals surface area contributed by atoms with Crippen molar-refractivity contribution in [1.29, 1.82) is 0 Å². The summed E-state index contributed by atoms with van der Waals surface area (Å²) in [4.78, 5) is 27.8. The highest BCUT2D eigenvalue weighted by Gasteiger charge is 2.37. The molecular formula is C29H30Cl2F3N3O4S. The van der Waals surface area contributed by atoms with Gasteiger partial charge in [-0.15, -0.1) is 0 Å². The highest BCUT2D eigenvalue weighted by atomic mass is 35.5. The molecule has 226 valence electrons. The van der Waals surface area contributed by atoms with E-state index in [1.165, 1.54) is 36.1 Å². The van der Waals surface area contributed by atoms with Gasteiger partial charge in [-0.25, -0.2) is 8.42 Å². The van der Waals surface area contributed by atoms with Crippen molar-refractivity contribution in [2.45, 2.75) is 44.4 Å². The number of hydrogen-bond acceptors (Lipinski definition) is 4. The number of carbonyl (C=O) groups excluding carboxylic acids is 2. The van der Waals surface area contributed by atoms with Gasteiger partial charge in [0.25, 0.3) is 10.0 Å². The SMILES string of the molecule is CC(C)CNC(=O)[C@@H](C)N(Cc1ccc(Cl)cc1)C(=O)CN(c1ccc(Cl)c(C(F)(F)F)c1)S(=O)(=O)c1ccccc1. The molecule has 0 radical (unpaired) electrons. The molecule has 3 rings (SSSR count). The Hall–Kier alpha value is -3.28. The topological polar surface area (TPSA) is 86.8 Å². The van der Waals surface area contributed by atoms with Gasteiger partial charge in [-0.3, -0.25) is 13.9 Å². The molecule has 13 heteroatoms. The number of rotatable bonds is 11. The molecule has 0 saturated heterocycles. The molecule has 0 spiro atoms. The molecule has 1 atom stereocenters. The average molecular weight is 645 g/mol. The zero-order valence-electron chi connectivity index (χ0n) is 23.0. The van der Waals surface area contributed by atoms with Gasteiger partial charge in [0.15, 0.2) is 0 Å². The van der Waals surface area contributed by atoms with Crippen LogP contribution in [-0.2, 0) is 32.3 Å². The fourth-order valence-electron chi connectivity index (χ4n) is 3.96. The van der Waals surface area contributed by atoms with E-state index < -0.39 is 56.9 Å². The standard InChI is InChI=1S/C29H30Cl2F3N3O4S/c1-19(2)16-35-28(39)20(3)36(17-21-9-11-22(30)12-10-21)27(38)18-37(42(40,41)24-7-5-4-6-8-24)23-13-14-26(31)25(15-23)29(32,33)34/h4-15,19-20H,16-18H2,1-3H3,(H,35,39)/t20-/m1/s1. The molecule has 0 unspecified atom stereocenters. The number of alkyl halides is 3. The molecule has 0 bridgehead atoms. The van der Waals surface area contributed by atoms with Gasteiger partial charge in [0.05, 0.1) is 21.2 Å². The van der Waals surface area contributed by atoms with Crippen molar-refractivity contribution in [3.8, 4) is 0 Å². The third-order valence-electron chi connectivity index (χ3n) is 6.27. The van der Waals surface area contributed by atoms with Crippen LogP contribution in [-0.4, -0.2) is 44.3 Å². The fourth-order valence-corrected chi connectivity index (χ4v) is 5.73. The summed E-state index contributed by atoms with van der Waals surface area (Å²) in [5, 5.41) is 2.57. The lowest BCUT2D eigenvalue weighted by Crippen LogP contribution is -2.51. The molecule has 3 aromatic rings. The quantitative estimate of drug-likeness (QED) is 0.262. The van der Waals surface area contributed by atoms with Crippen LogP contribution in [0, 0.1) is 5.92 Å². The molecule has 1 N–H and O–H groups in total. The van der Waals surface area contributed by atoms with Crippen molar-refractivity contribution in [3.05, 3.63) is 94.0 Å². The molecular weight excluding hydrogens is 614 g/mol. The maximum absolute atomic E-state index is 13.9. The summed E-state index contributed by atoms with van der Waals surface area (Å²) in [6.07, 6.45) is -4.89. The Bertz CT molecular complexity index is 1500. The molecule has 0 aliphatic carbocycles. The molecule has 0 aliphatic heterocycles. The van der Waals surface area contributed by atoms with Gasteiger partial charge >= 0.3 is 6.18 Å². The Morgan fingerprint density at radius 2 is 1.55 bits per heavy atom. The van der Waals surface area contributed by atoms with Crippen molar-refractivity contribution in [1.82, 2.24) is 10.2 Å². The number of halogens is 5.